The van der Waals surface area contributed by atoms with Gasteiger partial charge in [-0.2, -0.15) is 5.10 Å². The number of nitrogens with zero attached hydrogens (tertiary/aromatic N) is 3. The van der Waals surface area contributed by atoms with Gasteiger partial charge < -0.3 is 10.3 Å². The van der Waals surface area contributed by atoms with E-state index in [1.807, 2.05) is 13.8 Å². The van der Waals surface area contributed by atoms with Crippen LogP contribution in [-0.2, 0) is 6.54 Å². The number of carbonyl (C=O) groups is 1. The monoisotopic (exact) mass is 249 g/mol. The number of aromatic nitrogens is 3. The number of amides is 1. The summed E-state index contributed by atoms with van der Waals surface area (Å²) in [4.78, 5) is 12.0. The quantitative estimate of drug-likeness (QED) is 0.855. The fourth-order valence-corrected chi connectivity index (χ4v) is 1.47. The second-order valence-corrected chi connectivity index (χ2v) is 3.96. The van der Waals surface area contributed by atoms with Crippen LogP contribution in [0.2, 0.25) is 0 Å². The van der Waals surface area contributed by atoms with Crippen molar-refractivity contribution >= 4 is 17.5 Å². The highest BCUT2D eigenvalue weighted by molar-refractivity contribution is 6.05. The number of hydrogen-bond acceptors (Lipinski definition) is 5. The molecule has 2 rings (SSSR count). The molecule has 2 aromatic rings. The molecule has 18 heavy (non-hydrogen) atoms. The summed E-state index contributed by atoms with van der Waals surface area (Å²) >= 11 is 0. The Morgan fingerprint density at radius 2 is 2.28 bits per heavy atom. The summed E-state index contributed by atoms with van der Waals surface area (Å²) in [5.74, 6) is -0.0816. The van der Waals surface area contributed by atoms with Crippen molar-refractivity contribution in [1.29, 1.82) is 0 Å². The zero-order valence-corrected chi connectivity index (χ0v) is 10.5. The van der Waals surface area contributed by atoms with Crippen LogP contribution in [0.25, 0.3) is 0 Å². The molecule has 0 bridgehead atoms. The molecule has 1 amide bonds. The molecule has 0 fully saturated rings. The molecule has 2 aromatic heterocycles. The van der Waals surface area contributed by atoms with Crippen molar-refractivity contribution in [1.82, 2.24) is 14.9 Å². The lowest BCUT2D eigenvalue weighted by atomic mass is 10.3. The van der Waals surface area contributed by atoms with Crippen molar-refractivity contribution < 1.29 is 9.32 Å². The zero-order valence-electron chi connectivity index (χ0n) is 10.5. The van der Waals surface area contributed by atoms with Gasteiger partial charge in [-0.3, -0.25) is 14.8 Å². The van der Waals surface area contributed by atoms with Gasteiger partial charge >= 0.3 is 0 Å². The largest absolute Gasteiger partial charge is 0.396 e. The lowest BCUT2D eigenvalue weighted by molar-refractivity contribution is 0.101. The summed E-state index contributed by atoms with van der Waals surface area (Å²) in [5, 5.41) is 10.4. The first-order valence-electron chi connectivity index (χ1n) is 5.60. The molecule has 0 aromatic carbocycles. The van der Waals surface area contributed by atoms with Crippen LogP contribution in [-0.4, -0.2) is 20.8 Å². The Bertz CT molecular complexity index is 584. The minimum absolute atomic E-state index is 0.185. The van der Waals surface area contributed by atoms with Gasteiger partial charge in [0.1, 0.15) is 0 Å². The smallest absolute Gasteiger partial charge is 0.280 e. The van der Waals surface area contributed by atoms with Gasteiger partial charge in [-0.1, -0.05) is 5.16 Å². The molecule has 3 N–H and O–H groups in total. The molecular formula is C11H15N5O2. The van der Waals surface area contributed by atoms with Crippen molar-refractivity contribution in [3.63, 3.8) is 0 Å². The number of nitrogen functional groups attached to an aromatic ring is 1. The van der Waals surface area contributed by atoms with Gasteiger partial charge in [0, 0.05) is 18.3 Å². The molecule has 96 valence electrons. The molecule has 0 aliphatic heterocycles. The van der Waals surface area contributed by atoms with Gasteiger partial charge in [0.25, 0.3) is 5.91 Å². The first-order valence-corrected chi connectivity index (χ1v) is 5.60. The number of rotatable bonds is 3. The van der Waals surface area contributed by atoms with Crippen molar-refractivity contribution in [2.24, 2.45) is 0 Å². The number of anilines is 2. The Hall–Kier alpha value is -2.31. The van der Waals surface area contributed by atoms with Crippen LogP contribution in [0.5, 0.6) is 0 Å². The maximum Gasteiger partial charge on any atom is 0.280 e. The van der Waals surface area contributed by atoms with E-state index in [9.17, 15) is 4.79 Å². The van der Waals surface area contributed by atoms with E-state index in [0.29, 0.717) is 18.1 Å². The average molecular weight is 249 g/mol. The van der Waals surface area contributed by atoms with Gasteiger partial charge in [-0.05, 0) is 20.8 Å². The van der Waals surface area contributed by atoms with E-state index in [1.165, 1.54) is 0 Å². The molecule has 0 saturated carbocycles. The second-order valence-electron chi connectivity index (χ2n) is 3.96. The van der Waals surface area contributed by atoms with E-state index >= 15 is 0 Å². The molecule has 0 aliphatic rings. The molecule has 7 nitrogen and oxygen atoms in total. The highest BCUT2D eigenvalue weighted by Crippen LogP contribution is 2.19. The first-order chi connectivity index (χ1) is 8.52. The van der Waals surface area contributed by atoms with E-state index in [0.717, 1.165) is 11.3 Å². The predicted molar refractivity (Wildman–Crippen MR) is 66.2 cm³/mol. The number of aryl methyl sites for hydroxylation is 2. The summed E-state index contributed by atoms with van der Waals surface area (Å²) in [6.07, 6.45) is 1.62. The lowest BCUT2D eigenvalue weighted by Gasteiger charge is -2.00. The van der Waals surface area contributed by atoms with Gasteiger partial charge in [0.15, 0.2) is 5.69 Å². The van der Waals surface area contributed by atoms with E-state index in [4.69, 9.17) is 10.3 Å². The van der Waals surface area contributed by atoms with Crippen molar-refractivity contribution in [2.45, 2.75) is 27.3 Å². The number of nitrogens with one attached hydrogen (secondary N) is 1. The van der Waals surface area contributed by atoms with E-state index in [2.05, 4.69) is 15.6 Å². The van der Waals surface area contributed by atoms with Crippen LogP contribution < -0.4 is 11.1 Å². The zero-order chi connectivity index (χ0) is 13.3. The molecule has 0 spiro atoms. The molecule has 0 atom stereocenters. The third-order valence-corrected chi connectivity index (χ3v) is 2.71. The number of nitrogens with two attached hydrogens (primary N) is 1. The van der Waals surface area contributed by atoms with Gasteiger partial charge in [-0.15, -0.1) is 0 Å². The van der Waals surface area contributed by atoms with Crippen LogP contribution in [0.1, 0.15) is 28.7 Å². The van der Waals surface area contributed by atoms with Crippen LogP contribution in [0.15, 0.2) is 10.7 Å². The summed E-state index contributed by atoms with van der Waals surface area (Å²) < 4.78 is 6.60. The molecule has 0 saturated heterocycles. The fourth-order valence-electron chi connectivity index (χ4n) is 1.47. The number of hydrogen-bond donors (Lipinski definition) is 2. The Kier molecular flexibility index (Phi) is 3.05. The minimum atomic E-state index is -0.404. The van der Waals surface area contributed by atoms with E-state index in [1.54, 1.807) is 17.8 Å². The Labute approximate surface area is 104 Å². The van der Waals surface area contributed by atoms with Crippen molar-refractivity contribution in [2.75, 3.05) is 11.1 Å². The van der Waals surface area contributed by atoms with Crippen LogP contribution in [0, 0.1) is 13.8 Å². The van der Waals surface area contributed by atoms with Gasteiger partial charge in [0.05, 0.1) is 11.4 Å². The lowest BCUT2D eigenvalue weighted by Crippen LogP contribution is -2.15. The summed E-state index contributed by atoms with van der Waals surface area (Å²) in [6, 6.07) is 0. The minimum Gasteiger partial charge on any atom is -0.396 e. The first kappa shape index (κ1) is 12.2. The SMILES string of the molecule is CCn1cc(N)c(C(=O)Nc2onc(C)c2C)n1. The van der Waals surface area contributed by atoms with Crippen LogP contribution >= 0.6 is 0 Å². The summed E-state index contributed by atoms with van der Waals surface area (Å²) in [5.41, 5.74) is 7.77. The highest BCUT2D eigenvalue weighted by Gasteiger charge is 2.18. The van der Waals surface area contributed by atoms with E-state index < -0.39 is 5.91 Å². The Balaban J connectivity index is 2.21. The third-order valence-electron chi connectivity index (χ3n) is 2.71. The number of carbonyl (C=O) groups excluding carboxylic acids is 1. The Morgan fingerprint density at radius 1 is 1.56 bits per heavy atom. The van der Waals surface area contributed by atoms with Gasteiger partial charge in [0.2, 0.25) is 5.88 Å². The molecule has 0 radical (unpaired) electrons. The normalized spacial score (nSPS) is 10.6. The van der Waals surface area contributed by atoms with Gasteiger partial charge in [-0.25, -0.2) is 0 Å². The molecule has 2 heterocycles. The third kappa shape index (κ3) is 2.06. The molecule has 7 heteroatoms. The average Bonchev–Trinajstić information content (AvgIpc) is 2.86. The maximum atomic E-state index is 12.0. The summed E-state index contributed by atoms with van der Waals surface area (Å²) in [6.45, 7) is 6.18. The van der Waals surface area contributed by atoms with E-state index in [-0.39, 0.29) is 5.69 Å². The fraction of sp³-hybridized carbons (Fsp3) is 0.364. The topological polar surface area (TPSA) is 99.0 Å². The second kappa shape index (κ2) is 4.52. The summed E-state index contributed by atoms with van der Waals surface area (Å²) in [7, 11) is 0. The van der Waals surface area contributed by atoms with Crippen molar-refractivity contribution in [3.8, 4) is 0 Å². The maximum absolute atomic E-state index is 12.0. The predicted octanol–water partition coefficient (Wildman–Crippen LogP) is 1.34. The van der Waals surface area contributed by atoms with Crippen LogP contribution in [0.3, 0.4) is 0 Å². The highest BCUT2D eigenvalue weighted by atomic mass is 16.5. The standard InChI is InChI=1S/C11H15N5O2/c1-4-16-5-8(12)9(14-16)10(17)13-11-6(2)7(3)15-18-11/h5H,4,12H2,1-3H3,(H,13,17). The van der Waals surface area contributed by atoms with Crippen molar-refractivity contribution in [3.05, 3.63) is 23.1 Å². The molecule has 0 aliphatic carbocycles. The molecule has 0 unspecified atom stereocenters. The Morgan fingerprint density at radius 3 is 2.78 bits per heavy atom. The molecular weight excluding hydrogens is 234 g/mol. The van der Waals surface area contributed by atoms with Crippen LogP contribution in [0.4, 0.5) is 11.6 Å².